The zero-order valence-corrected chi connectivity index (χ0v) is 26.8. The van der Waals surface area contributed by atoms with Crippen molar-refractivity contribution in [3.8, 4) is 22.5 Å². The van der Waals surface area contributed by atoms with Crippen LogP contribution in [0.4, 0.5) is 5.69 Å². The van der Waals surface area contributed by atoms with E-state index in [4.69, 9.17) is 9.97 Å². The van der Waals surface area contributed by atoms with E-state index in [2.05, 4.69) is 170 Å². The topological polar surface area (TPSA) is 36.8 Å². The third-order valence-corrected chi connectivity index (χ3v) is 9.15. The van der Waals surface area contributed by atoms with Crippen LogP contribution in [0.1, 0.15) is 16.7 Å². The highest BCUT2D eigenvalue weighted by Crippen LogP contribution is 2.31. The summed E-state index contributed by atoms with van der Waals surface area (Å²) in [5, 5.41) is 0. The highest BCUT2D eigenvalue weighted by atomic mass is 15.1. The van der Waals surface area contributed by atoms with Crippen LogP contribution in [0.2, 0.25) is 0 Å². The first-order chi connectivity index (χ1) is 22.4. The Hall–Kier alpha value is -5.68. The first-order valence-corrected chi connectivity index (χ1v) is 15.7. The molecule has 0 unspecified atom stereocenters. The number of hydrogen-bond donors (Lipinski definition) is 0. The number of anilines is 1. The quantitative estimate of drug-likeness (QED) is 0.151. The Morgan fingerprint density at radius 1 is 0.457 bits per heavy atom. The lowest BCUT2D eigenvalue weighted by molar-refractivity contribution is -0.538. The first kappa shape index (κ1) is 27.8. The second kappa shape index (κ2) is 10.7. The molecule has 0 aliphatic heterocycles. The summed E-state index contributed by atoms with van der Waals surface area (Å²) in [5.74, 6) is 0. The fourth-order valence-electron chi connectivity index (χ4n) is 6.58. The molecule has 8 aromatic rings. The molecule has 0 aliphatic rings. The maximum atomic E-state index is 5.23. The van der Waals surface area contributed by atoms with Crippen molar-refractivity contribution in [2.75, 3.05) is 19.0 Å². The van der Waals surface area contributed by atoms with Crippen LogP contribution in [0.5, 0.6) is 0 Å². The van der Waals surface area contributed by atoms with Gasteiger partial charge in [0.1, 0.15) is 22.1 Å². The molecular formula is C41H35N5+2. The molecule has 46 heavy (non-hydrogen) atoms. The van der Waals surface area contributed by atoms with Crippen molar-refractivity contribution in [2.24, 2.45) is 0 Å². The summed E-state index contributed by atoms with van der Waals surface area (Å²) >= 11 is 0. The fourth-order valence-corrected chi connectivity index (χ4v) is 6.58. The van der Waals surface area contributed by atoms with E-state index in [1.165, 1.54) is 16.7 Å². The minimum Gasteiger partial charge on any atom is -0.377 e. The van der Waals surface area contributed by atoms with Gasteiger partial charge in [-0.2, -0.15) is 0 Å². The lowest BCUT2D eigenvalue weighted by Crippen LogP contribution is -2.33. The van der Waals surface area contributed by atoms with E-state index in [1.54, 1.807) is 0 Å². The van der Waals surface area contributed by atoms with Crippen LogP contribution in [0.3, 0.4) is 0 Å². The molecule has 0 fully saturated rings. The number of benzene rings is 6. The lowest BCUT2D eigenvalue weighted by atomic mass is 9.98. The minimum absolute atomic E-state index is 0.958. The number of hydrogen-bond acceptors (Lipinski definition) is 3. The molecule has 5 nitrogen and oxygen atoms in total. The van der Waals surface area contributed by atoms with Gasteiger partial charge in [-0.15, -0.1) is 9.13 Å². The highest BCUT2D eigenvalue weighted by Gasteiger charge is 2.24. The Morgan fingerprint density at radius 2 is 1.00 bits per heavy atom. The van der Waals surface area contributed by atoms with Crippen LogP contribution >= 0.6 is 0 Å². The van der Waals surface area contributed by atoms with Crippen molar-refractivity contribution in [1.29, 1.82) is 0 Å². The van der Waals surface area contributed by atoms with Gasteiger partial charge in [0.2, 0.25) is 33.4 Å². The molecule has 0 N–H and O–H groups in total. The molecule has 5 heteroatoms. The summed E-state index contributed by atoms with van der Waals surface area (Å²) in [5.41, 5.74) is 17.5. The minimum atomic E-state index is 0.958. The number of aryl methyl sites for hydroxylation is 3. The van der Waals surface area contributed by atoms with Crippen molar-refractivity contribution in [1.82, 2.24) is 9.97 Å². The predicted molar refractivity (Wildman–Crippen MR) is 189 cm³/mol. The number of aromatic nitrogens is 4. The van der Waals surface area contributed by atoms with Gasteiger partial charge < -0.3 is 4.90 Å². The van der Waals surface area contributed by atoms with Gasteiger partial charge >= 0.3 is 0 Å². The lowest BCUT2D eigenvalue weighted by Gasteiger charge is -2.14. The summed E-state index contributed by atoms with van der Waals surface area (Å²) in [4.78, 5) is 12.5. The third-order valence-electron chi connectivity index (χ3n) is 9.15. The largest absolute Gasteiger partial charge is 0.377 e. The smallest absolute Gasteiger partial charge is 0.239 e. The number of fused-ring (bicyclic) bond motifs is 4. The summed E-state index contributed by atoms with van der Waals surface area (Å²) in [6, 6.07) is 43.3. The molecule has 0 saturated carbocycles. The predicted octanol–water partition coefficient (Wildman–Crippen LogP) is 8.30. The van der Waals surface area contributed by atoms with Crippen LogP contribution in [0, 0.1) is 20.8 Å². The SMILES string of the molecule is Cc1cc2nc3cc(-c4cc5c(cc4C)nc4ccc(N(C)C)cc4[n+]5-c4ccccc4)ccc3[n+](-c3ccccc3)c2cc1C. The summed E-state index contributed by atoms with van der Waals surface area (Å²) in [6.07, 6.45) is 0. The molecular weight excluding hydrogens is 562 g/mol. The normalized spacial score (nSPS) is 11.6. The zero-order valence-electron chi connectivity index (χ0n) is 26.8. The molecule has 2 aromatic heterocycles. The van der Waals surface area contributed by atoms with E-state index < -0.39 is 0 Å². The summed E-state index contributed by atoms with van der Waals surface area (Å²) in [7, 11) is 4.15. The van der Waals surface area contributed by atoms with Crippen LogP contribution in [0.15, 0.2) is 121 Å². The van der Waals surface area contributed by atoms with E-state index in [9.17, 15) is 0 Å². The van der Waals surface area contributed by atoms with Crippen molar-refractivity contribution < 1.29 is 9.13 Å². The fraction of sp³-hybridized carbons (Fsp3) is 0.122. The average molecular weight is 598 g/mol. The Kier molecular flexibility index (Phi) is 6.50. The molecule has 0 radical (unpaired) electrons. The van der Waals surface area contributed by atoms with Crippen LogP contribution in [0.25, 0.3) is 66.6 Å². The maximum Gasteiger partial charge on any atom is 0.239 e. The third kappa shape index (κ3) is 4.55. The van der Waals surface area contributed by atoms with Crippen molar-refractivity contribution in [3.05, 3.63) is 138 Å². The van der Waals surface area contributed by atoms with E-state index in [0.29, 0.717) is 0 Å². The second-order valence-corrected chi connectivity index (χ2v) is 12.4. The second-order valence-electron chi connectivity index (χ2n) is 12.4. The molecule has 0 amide bonds. The molecule has 222 valence electrons. The van der Waals surface area contributed by atoms with Crippen LogP contribution < -0.4 is 14.0 Å². The molecule has 2 heterocycles. The van der Waals surface area contributed by atoms with Gasteiger partial charge in [-0.05, 0) is 85.0 Å². The van der Waals surface area contributed by atoms with Crippen LogP contribution in [-0.4, -0.2) is 24.1 Å². The van der Waals surface area contributed by atoms with Gasteiger partial charge in [0.25, 0.3) is 0 Å². The molecule has 0 spiro atoms. The van der Waals surface area contributed by atoms with Crippen molar-refractivity contribution >= 4 is 49.8 Å². The summed E-state index contributed by atoms with van der Waals surface area (Å²) < 4.78 is 4.68. The zero-order chi connectivity index (χ0) is 31.5. The van der Waals surface area contributed by atoms with Crippen molar-refractivity contribution in [3.63, 3.8) is 0 Å². The van der Waals surface area contributed by atoms with E-state index in [-0.39, 0.29) is 0 Å². The standard InChI is InChI=1S/C41H35N5/c1-26-20-35-39(22-27(26)2)45(30-12-8-6-9-13-30)38-19-16-29(23-37(38)43-35)33-25-41-36(21-28(33)3)42-34-18-17-32(44(4)5)24-40(34)46(41)31-14-10-7-11-15-31/h6-25H,1-5H3/q+2. The Bertz CT molecular complexity index is 2470. The van der Waals surface area contributed by atoms with Gasteiger partial charge in [-0.1, -0.05) is 36.4 Å². The van der Waals surface area contributed by atoms with Crippen LogP contribution in [-0.2, 0) is 0 Å². The van der Waals surface area contributed by atoms with Crippen molar-refractivity contribution in [2.45, 2.75) is 20.8 Å². The van der Waals surface area contributed by atoms with E-state index in [1.807, 2.05) is 0 Å². The molecule has 0 saturated heterocycles. The summed E-state index contributed by atoms with van der Waals surface area (Å²) in [6.45, 7) is 6.50. The monoisotopic (exact) mass is 597 g/mol. The van der Waals surface area contributed by atoms with E-state index in [0.717, 1.165) is 72.3 Å². The first-order valence-electron chi connectivity index (χ1n) is 15.7. The van der Waals surface area contributed by atoms with Gasteiger partial charge in [-0.25, -0.2) is 9.97 Å². The van der Waals surface area contributed by atoms with Gasteiger partial charge in [0.05, 0.1) is 0 Å². The highest BCUT2D eigenvalue weighted by molar-refractivity contribution is 5.91. The van der Waals surface area contributed by atoms with Gasteiger partial charge in [0, 0.05) is 68.3 Å². The Morgan fingerprint density at radius 3 is 1.67 bits per heavy atom. The molecule has 0 aliphatic carbocycles. The Labute approximate surface area is 268 Å². The number of rotatable bonds is 4. The van der Waals surface area contributed by atoms with E-state index >= 15 is 0 Å². The van der Waals surface area contributed by atoms with Gasteiger partial charge in [0.15, 0.2) is 0 Å². The maximum absolute atomic E-state index is 5.23. The molecule has 0 bridgehead atoms. The average Bonchev–Trinajstić information content (AvgIpc) is 3.07. The number of para-hydroxylation sites is 2. The van der Waals surface area contributed by atoms with Gasteiger partial charge in [-0.3, -0.25) is 0 Å². The number of nitrogens with zero attached hydrogens (tertiary/aromatic N) is 5. The molecule has 6 aromatic carbocycles. The Balaban J connectivity index is 1.41. The molecule has 0 atom stereocenters. The molecule has 8 rings (SSSR count).